The van der Waals surface area contributed by atoms with Crippen molar-refractivity contribution in [3.8, 4) is 11.9 Å². The molecule has 1 unspecified atom stereocenters. The molecular weight excluding hydrogens is 488 g/mol. The third-order valence-corrected chi connectivity index (χ3v) is 6.56. The van der Waals surface area contributed by atoms with Crippen LogP contribution in [0.25, 0.3) is 0 Å². The van der Waals surface area contributed by atoms with Gasteiger partial charge in [0.25, 0.3) is 0 Å². The molecule has 0 radical (unpaired) electrons. The molecule has 0 aliphatic carbocycles. The van der Waals surface area contributed by atoms with E-state index in [1.807, 2.05) is 29.3 Å². The van der Waals surface area contributed by atoms with Crippen molar-refractivity contribution >= 4 is 33.7 Å². The molecule has 9 nitrogen and oxygen atoms in total. The number of halogens is 1. The molecule has 0 aromatic heterocycles. The van der Waals surface area contributed by atoms with Crippen LogP contribution in [0.4, 0.5) is 0 Å². The molecule has 33 heavy (non-hydrogen) atoms. The van der Waals surface area contributed by atoms with Gasteiger partial charge in [0, 0.05) is 26.2 Å². The van der Waals surface area contributed by atoms with E-state index in [4.69, 9.17) is 10.00 Å². The summed E-state index contributed by atoms with van der Waals surface area (Å²) in [5, 5.41) is 14.8. The molecule has 3 rings (SSSR count). The number of carbonyl (C=O) groups excluding carboxylic acids is 2. The molecule has 2 heterocycles. The van der Waals surface area contributed by atoms with Gasteiger partial charge in [0.15, 0.2) is 6.19 Å². The fourth-order valence-corrected chi connectivity index (χ4v) is 4.72. The van der Waals surface area contributed by atoms with Crippen LogP contribution in [0.1, 0.15) is 37.7 Å². The number of ether oxygens (including phenoxy) is 1. The second-order valence-corrected chi connectivity index (χ2v) is 9.08. The first-order valence-corrected chi connectivity index (χ1v) is 12.2. The number of hydrogen-bond donors (Lipinski definition) is 2. The predicted octanol–water partition coefficient (Wildman–Crippen LogP) is 2.02. The number of rotatable bonds is 7. The van der Waals surface area contributed by atoms with Crippen LogP contribution in [0.3, 0.4) is 0 Å². The van der Waals surface area contributed by atoms with Crippen molar-refractivity contribution in [1.82, 2.24) is 20.4 Å². The number of methoxy groups -OCH3 is 1. The molecule has 2 aliphatic rings. The van der Waals surface area contributed by atoms with E-state index in [0.29, 0.717) is 25.9 Å². The molecule has 2 aliphatic heterocycles. The zero-order chi connectivity index (χ0) is 23.6. The number of nitriles is 1. The summed E-state index contributed by atoms with van der Waals surface area (Å²) in [4.78, 5) is 33.7. The standard InChI is InChI=1S/C23H31BrN6O3/c1-33-20-8-7-17(14-18(20)24)9-10-26-23(27-16-25)28-19-6-2-3-13-30(22(19)32)15-21(31)29-11-4-5-12-29/h7-8,14,19H,2-6,9-13,15H2,1H3,(H2,26,27,28). The molecule has 1 atom stereocenters. The van der Waals surface area contributed by atoms with Crippen LogP contribution in [-0.2, 0) is 16.0 Å². The topological polar surface area (TPSA) is 110 Å². The number of aliphatic imine (C=N–C) groups is 1. The Morgan fingerprint density at radius 1 is 1.27 bits per heavy atom. The Morgan fingerprint density at radius 2 is 2.03 bits per heavy atom. The summed E-state index contributed by atoms with van der Waals surface area (Å²) in [6, 6.07) is 5.31. The zero-order valence-electron chi connectivity index (χ0n) is 19.0. The summed E-state index contributed by atoms with van der Waals surface area (Å²) >= 11 is 3.48. The Balaban J connectivity index is 1.60. The van der Waals surface area contributed by atoms with E-state index in [1.54, 1.807) is 12.0 Å². The van der Waals surface area contributed by atoms with Crippen LogP contribution in [0.5, 0.6) is 5.75 Å². The average molecular weight is 519 g/mol. The molecule has 0 saturated carbocycles. The molecule has 2 amide bonds. The SMILES string of the molecule is COc1ccc(CCN=C(NC#N)NC2CCCCN(CC(=O)N3CCCC3)C2=O)cc1Br. The lowest BCUT2D eigenvalue weighted by Gasteiger charge is -2.27. The Hall–Kier alpha value is -2.80. The lowest BCUT2D eigenvalue weighted by molar-refractivity contribution is -0.140. The lowest BCUT2D eigenvalue weighted by atomic mass is 10.1. The predicted molar refractivity (Wildman–Crippen MR) is 129 cm³/mol. The molecule has 1 aromatic carbocycles. The first-order valence-electron chi connectivity index (χ1n) is 11.4. The van der Waals surface area contributed by atoms with E-state index in [9.17, 15) is 9.59 Å². The van der Waals surface area contributed by atoms with E-state index >= 15 is 0 Å². The number of carbonyl (C=O) groups is 2. The second kappa shape index (κ2) is 12.4. The minimum atomic E-state index is -0.520. The number of guanidine groups is 1. The molecular formula is C23H31BrN6O3. The van der Waals surface area contributed by atoms with Gasteiger partial charge in [0.1, 0.15) is 11.8 Å². The highest BCUT2D eigenvalue weighted by molar-refractivity contribution is 9.10. The summed E-state index contributed by atoms with van der Waals surface area (Å²) < 4.78 is 6.12. The minimum absolute atomic E-state index is 0.0104. The number of likely N-dealkylation sites (tertiary alicyclic amines) is 2. The van der Waals surface area contributed by atoms with Crippen LogP contribution in [0.2, 0.25) is 0 Å². The highest BCUT2D eigenvalue weighted by Crippen LogP contribution is 2.25. The number of hydrogen-bond acceptors (Lipinski definition) is 5. The first-order chi connectivity index (χ1) is 16.0. The third kappa shape index (κ3) is 7.09. The van der Waals surface area contributed by atoms with Crippen LogP contribution < -0.4 is 15.4 Å². The number of benzene rings is 1. The van der Waals surface area contributed by atoms with Gasteiger partial charge in [0.05, 0.1) is 18.1 Å². The quantitative estimate of drug-likeness (QED) is 0.247. The summed E-state index contributed by atoms with van der Waals surface area (Å²) in [5.74, 6) is 0.925. The minimum Gasteiger partial charge on any atom is -0.496 e. The van der Waals surface area contributed by atoms with Gasteiger partial charge < -0.3 is 19.9 Å². The Bertz CT molecular complexity index is 910. The van der Waals surface area contributed by atoms with Gasteiger partial charge in [0.2, 0.25) is 17.8 Å². The lowest BCUT2D eigenvalue weighted by Crippen LogP contribution is -2.52. The smallest absolute Gasteiger partial charge is 0.245 e. The van der Waals surface area contributed by atoms with Gasteiger partial charge in [-0.15, -0.1) is 0 Å². The van der Waals surface area contributed by atoms with Gasteiger partial charge in [-0.25, -0.2) is 0 Å². The maximum Gasteiger partial charge on any atom is 0.245 e. The normalized spacial score (nSPS) is 19.1. The van der Waals surface area contributed by atoms with E-state index in [-0.39, 0.29) is 24.3 Å². The maximum atomic E-state index is 13.1. The number of nitrogens with one attached hydrogen (secondary N) is 2. The highest BCUT2D eigenvalue weighted by atomic mass is 79.9. The van der Waals surface area contributed by atoms with Crippen molar-refractivity contribution in [3.05, 3.63) is 28.2 Å². The van der Waals surface area contributed by atoms with Crippen LogP contribution >= 0.6 is 15.9 Å². The Morgan fingerprint density at radius 3 is 2.73 bits per heavy atom. The van der Waals surface area contributed by atoms with Crippen molar-refractivity contribution < 1.29 is 14.3 Å². The molecule has 178 valence electrons. The van der Waals surface area contributed by atoms with E-state index in [0.717, 1.165) is 54.6 Å². The monoisotopic (exact) mass is 518 g/mol. The first kappa shape index (κ1) is 24.8. The maximum absolute atomic E-state index is 13.1. The molecule has 0 bridgehead atoms. The van der Waals surface area contributed by atoms with Crippen molar-refractivity contribution in [2.45, 2.75) is 44.6 Å². The van der Waals surface area contributed by atoms with E-state index in [2.05, 4.69) is 31.6 Å². The fraction of sp³-hybridized carbons (Fsp3) is 0.565. The average Bonchev–Trinajstić information content (AvgIpc) is 3.29. The zero-order valence-corrected chi connectivity index (χ0v) is 20.6. The van der Waals surface area contributed by atoms with Gasteiger partial charge in [-0.2, -0.15) is 5.26 Å². The highest BCUT2D eigenvalue weighted by Gasteiger charge is 2.30. The van der Waals surface area contributed by atoms with Crippen LogP contribution in [0, 0.1) is 11.5 Å². The molecule has 2 saturated heterocycles. The molecule has 10 heteroatoms. The Kier molecular flexibility index (Phi) is 9.36. The van der Waals surface area contributed by atoms with E-state index in [1.165, 1.54) is 0 Å². The summed E-state index contributed by atoms with van der Waals surface area (Å²) in [6.45, 7) is 2.67. The molecule has 1 aromatic rings. The summed E-state index contributed by atoms with van der Waals surface area (Å²) in [7, 11) is 1.62. The van der Waals surface area contributed by atoms with Gasteiger partial charge in [-0.3, -0.25) is 19.9 Å². The largest absolute Gasteiger partial charge is 0.496 e. The van der Waals surface area contributed by atoms with Crippen molar-refractivity contribution in [3.63, 3.8) is 0 Å². The molecule has 2 N–H and O–H groups in total. The fourth-order valence-electron chi connectivity index (χ4n) is 4.13. The van der Waals surface area contributed by atoms with Crippen LogP contribution in [-0.4, -0.2) is 73.4 Å². The summed E-state index contributed by atoms with van der Waals surface area (Å²) in [6.07, 6.45) is 6.94. The Labute approximate surface area is 203 Å². The van der Waals surface area contributed by atoms with Gasteiger partial charge in [-0.1, -0.05) is 6.07 Å². The molecule has 2 fully saturated rings. The van der Waals surface area contributed by atoms with Gasteiger partial charge in [-0.05, 0) is 72.2 Å². The van der Waals surface area contributed by atoms with Gasteiger partial charge >= 0.3 is 0 Å². The van der Waals surface area contributed by atoms with E-state index < -0.39 is 6.04 Å². The van der Waals surface area contributed by atoms with Crippen molar-refractivity contribution in [2.75, 3.05) is 39.8 Å². The number of nitrogens with zero attached hydrogens (tertiary/aromatic N) is 4. The summed E-state index contributed by atoms with van der Waals surface area (Å²) in [5.41, 5.74) is 1.07. The van der Waals surface area contributed by atoms with Crippen molar-refractivity contribution in [2.24, 2.45) is 4.99 Å². The number of amides is 2. The van der Waals surface area contributed by atoms with Crippen molar-refractivity contribution in [1.29, 1.82) is 5.26 Å². The third-order valence-electron chi connectivity index (χ3n) is 5.94. The van der Waals surface area contributed by atoms with Crippen LogP contribution in [0.15, 0.2) is 27.7 Å². The second-order valence-electron chi connectivity index (χ2n) is 8.23. The molecule has 0 spiro atoms.